The van der Waals surface area contributed by atoms with E-state index in [9.17, 15) is 24.0 Å². The standard InChI is InChI=1S/C29H25N5O6/c1-3-33-22-13-20(18(12-23(22)40-14-25(33)36)16-9-10-30-15(2)11-16)31-19-6-4-5-17-26(19)29(39)34(28(17)38)21-7-8-24(35)32-27(21)37/h4-6,9-13,21,31H,3,7-8,14H2,1-2H3,(H,32,35,37)/t21-/m0/s1. The van der Waals surface area contributed by atoms with E-state index in [1.165, 1.54) is 6.07 Å². The lowest BCUT2D eigenvalue weighted by Crippen LogP contribution is -2.54. The van der Waals surface area contributed by atoms with Crippen molar-refractivity contribution in [3.8, 4) is 16.9 Å². The Hall–Kier alpha value is -5.06. The molecular weight excluding hydrogens is 514 g/mol. The highest BCUT2D eigenvalue weighted by molar-refractivity contribution is 6.25. The maximum absolute atomic E-state index is 13.6. The van der Waals surface area contributed by atoms with Crippen molar-refractivity contribution in [1.82, 2.24) is 15.2 Å². The van der Waals surface area contributed by atoms with Gasteiger partial charge in [-0.2, -0.15) is 0 Å². The van der Waals surface area contributed by atoms with E-state index >= 15 is 0 Å². The van der Waals surface area contributed by atoms with Gasteiger partial charge in [0.25, 0.3) is 17.7 Å². The summed E-state index contributed by atoms with van der Waals surface area (Å²) in [4.78, 5) is 70.5. The summed E-state index contributed by atoms with van der Waals surface area (Å²) in [5.74, 6) is -1.94. The smallest absolute Gasteiger partial charge is 0.265 e. The van der Waals surface area contributed by atoms with E-state index in [-0.39, 0.29) is 36.5 Å². The number of carbonyl (C=O) groups is 5. The van der Waals surface area contributed by atoms with Crippen molar-refractivity contribution < 1.29 is 28.7 Å². The van der Waals surface area contributed by atoms with Gasteiger partial charge in [0.2, 0.25) is 11.8 Å². The molecule has 0 bridgehead atoms. The molecule has 2 N–H and O–H groups in total. The molecule has 202 valence electrons. The largest absolute Gasteiger partial charge is 0.482 e. The zero-order valence-corrected chi connectivity index (χ0v) is 21.8. The quantitative estimate of drug-likeness (QED) is 0.472. The summed E-state index contributed by atoms with van der Waals surface area (Å²) in [5, 5.41) is 5.54. The van der Waals surface area contributed by atoms with Gasteiger partial charge in [0.05, 0.1) is 22.5 Å². The molecule has 1 atom stereocenters. The molecule has 3 aliphatic rings. The number of hydrogen-bond acceptors (Lipinski definition) is 8. The Morgan fingerprint density at radius 1 is 1.02 bits per heavy atom. The summed E-state index contributed by atoms with van der Waals surface area (Å²) >= 11 is 0. The number of piperidine rings is 1. The van der Waals surface area contributed by atoms with Crippen LogP contribution in [0, 0.1) is 6.92 Å². The second-order valence-electron chi connectivity index (χ2n) is 9.78. The molecule has 1 saturated heterocycles. The van der Waals surface area contributed by atoms with Crippen LogP contribution in [-0.2, 0) is 14.4 Å². The van der Waals surface area contributed by atoms with Gasteiger partial charge in [-0.05, 0) is 62.2 Å². The monoisotopic (exact) mass is 539 g/mol. The van der Waals surface area contributed by atoms with Gasteiger partial charge in [-0.25, -0.2) is 0 Å². The third-order valence-corrected chi connectivity index (χ3v) is 7.30. The Bertz CT molecular complexity index is 1630. The Morgan fingerprint density at radius 3 is 2.60 bits per heavy atom. The van der Waals surface area contributed by atoms with Crippen LogP contribution in [0.2, 0.25) is 0 Å². The number of imide groups is 2. The molecule has 11 nitrogen and oxygen atoms in total. The number of likely N-dealkylation sites (N-methyl/N-ethyl adjacent to an activating group) is 1. The van der Waals surface area contributed by atoms with Gasteiger partial charge in [-0.1, -0.05) is 6.07 Å². The molecule has 0 spiro atoms. The fraction of sp³-hybridized carbons (Fsp3) is 0.241. The van der Waals surface area contributed by atoms with E-state index in [1.807, 2.05) is 32.0 Å². The Kier molecular flexibility index (Phi) is 6.05. The van der Waals surface area contributed by atoms with Crippen LogP contribution in [0.25, 0.3) is 11.1 Å². The normalized spacial score (nSPS) is 18.4. The number of hydrogen-bond donors (Lipinski definition) is 2. The van der Waals surface area contributed by atoms with Crippen molar-refractivity contribution in [3.63, 3.8) is 0 Å². The van der Waals surface area contributed by atoms with Crippen LogP contribution < -0.4 is 20.3 Å². The molecule has 1 aromatic heterocycles. The second-order valence-corrected chi connectivity index (χ2v) is 9.78. The number of pyridine rings is 1. The number of rotatable bonds is 5. The number of aryl methyl sites for hydroxylation is 1. The van der Waals surface area contributed by atoms with Crippen LogP contribution in [0.15, 0.2) is 48.7 Å². The molecule has 5 amide bonds. The van der Waals surface area contributed by atoms with Gasteiger partial charge in [0.1, 0.15) is 11.8 Å². The van der Waals surface area contributed by atoms with E-state index in [0.29, 0.717) is 29.4 Å². The minimum atomic E-state index is -1.07. The lowest BCUT2D eigenvalue weighted by atomic mass is 10.0. The zero-order valence-electron chi connectivity index (χ0n) is 21.8. The summed E-state index contributed by atoms with van der Waals surface area (Å²) in [7, 11) is 0. The van der Waals surface area contributed by atoms with Crippen molar-refractivity contribution in [1.29, 1.82) is 0 Å². The lowest BCUT2D eigenvalue weighted by Gasteiger charge is -2.30. The molecule has 4 heterocycles. The van der Waals surface area contributed by atoms with Gasteiger partial charge in [0, 0.05) is 36.1 Å². The van der Waals surface area contributed by atoms with Gasteiger partial charge in [-0.3, -0.25) is 39.2 Å². The van der Waals surface area contributed by atoms with Crippen LogP contribution in [-0.4, -0.2) is 58.6 Å². The van der Waals surface area contributed by atoms with E-state index < -0.39 is 29.7 Å². The molecule has 0 aliphatic carbocycles. The number of ether oxygens (including phenoxy) is 1. The molecule has 3 aliphatic heterocycles. The van der Waals surface area contributed by atoms with Gasteiger partial charge < -0.3 is 15.0 Å². The van der Waals surface area contributed by atoms with Crippen LogP contribution in [0.3, 0.4) is 0 Å². The lowest BCUT2D eigenvalue weighted by molar-refractivity contribution is -0.136. The minimum Gasteiger partial charge on any atom is -0.482 e. The summed E-state index contributed by atoms with van der Waals surface area (Å²) < 4.78 is 5.77. The van der Waals surface area contributed by atoms with Crippen molar-refractivity contribution in [2.75, 3.05) is 23.4 Å². The van der Waals surface area contributed by atoms with Crippen LogP contribution in [0.5, 0.6) is 5.75 Å². The molecule has 40 heavy (non-hydrogen) atoms. The molecule has 11 heteroatoms. The number of anilines is 3. The Balaban J connectivity index is 1.45. The van der Waals surface area contributed by atoms with Crippen molar-refractivity contribution >= 4 is 46.6 Å². The number of nitrogens with one attached hydrogen (secondary N) is 2. The fourth-order valence-corrected chi connectivity index (χ4v) is 5.41. The van der Waals surface area contributed by atoms with Crippen LogP contribution in [0.4, 0.5) is 17.1 Å². The molecule has 6 rings (SSSR count). The SMILES string of the molecule is CCN1C(=O)COc2cc(-c3ccnc(C)c3)c(Nc3cccc4c3C(=O)N([C@H]3CCC(=O)NC3=O)C4=O)cc21. The van der Waals surface area contributed by atoms with Gasteiger partial charge in [-0.15, -0.1) is 0 Å². The van der Waals surface area contributed by atoms with E-state index in [1.54, 1.807) is 29.3 Å². The minimum absolute atomic E-state index is 0.0352. The first-order valence-electron chi connectivity index (χ1n) is 12.9. The summed E-state index contributed by atoms with van der Waals surface area (Å²) in [6.45, 7) is 4.12. The zero-order chi connectivity index (χ0) is 28.1. The second kappa shape index (κ2) is 9.60. The number of carbonyl (C=O) groups excluding carboxylic acids is 5. The molecule has 0 saturated carbocycles. The van der Waals surface area contributed by atoms with E-state index in [4.69, 9.17) is 4.74 Å². The number of aromatic nitrogens is 1. The molecule has 0 unspecified atom stereocenters. The molecule has 0 radical (unpaired) electrons. The highest BCUT2D eigenvalue weighted by Crippen LogP contribution is 2.43. The van der Waals surface area contributed by atoms with Crippen molar-refractivity contribution in [2.45, 2.75) is 32.7 Å². The van der Waals surface area contributed by atoms with Gasteiger partial charge in [0.15, 0.2) is 6.61 Å². The Morgan fingerprint density at radius 2 is 1.85 bits per heavy atom. The average Bonchev–Trinajstić information content (AvgIpc) is 3.18. The van der Waals surface area contributed by atoms with Crippen LogP contribution >= 0.6 is 0 Å². The molecule has 2 aromatic carbocycles. The third kappa shape index (κ3) is 4.06. The topological polar surface area (TPSA) is 138 Å². The third-order valence-electron chi connectivity index (χ3n) is 7.30. The van der Waals surface area contributed by atoms with E-state index in [2.05, 4.69) is 15.6 Å². The molecule has 3 aromatic rings. The molecule has 1 fully saturated rings. The summed E-state index contributed by atoms with van der Waals surface area (Å²) in [5.41, 5.74) is 4.19. The van der Waals surface area contributed by atoms with Crippen molar-refractivity contribution in [2.24, 2.45) is 0 Å². The summed E-state index contributed by atoms with van der Waals surface area (Å²) in [6.07, 6.45) is 1.79. The fourth-order valence-electron chi connectivity index (χ4n) is 5.41. The first-order chi connectivity index (χ1) is 19.3. The number of fused-ring (bicyclic) bond motifs is 2. The molecular formula is C29H25N5O6. The predicted molar refractivity (Wildman–Crippen MR) is 144 cm³/mol. The highest BCUT2D eigenvalue weighted by Gasteiger charge is 2.45. The average molecular weight is 540 g/mol. The first-order valence-corrected chi connectivity index (χ1v) is 12.9. The Labute approximate surface area is 229 Å². The number of nitrogens with zero attached hydrogens (tertiary/aromatic N) is 3. The van der Waals surface area contributed by atoms with Crippen molar-refractivity contribution in [3.05, 3.63) is 65.5 Å². The maximum Gasteiger partial charge on any atom is 0.265 e. The predicted octanol–water partition coefficient (Wildman–Crippen LogP) is 2.95. The highest BCUT2D eigenvalue weighted by atomic mass is 16.5. The van der Waals surface area contributed by atoms with Gasteiger partial charge >= 0.3 is 0 Å². The maximum atomic E-state index is 13.6. The first kappa shape index (κ1) is 25.2. The van der Waals surface area contributed by atoms with Crippen LogP contribution in [0.1, 0.15) is 46.2 Å². The number of benzene rings is 2. The van der Waals surface area contributed by atoms with E-state index in [0.717, 1.165) is 21.7 Å². The number of amides is 5. The summed E-state index contributed by atoms with van der Waals surface area (Å²) in [6, 6.07) is 11.2.